The van der Waals surface area contributed by atoms with Crippen LogP contribution in [0.1, 0.15) is 6.42 Å². The summed E-state index contributed by atoms with van der Waals surface area (Å²) in [6.45, 7) is 6.80. The molecule has 0 spiro atoms. The maximum atomic E-state index is 10.7. The Morgan fingerprint density at radius 1 is 1.24 bits per heavy atom. The fraction of sp³-hybridized carbons (Fsp3) is 0.727. The summed E-state index contributed by atoms with van der Waals surface area (Å²) in [7, 11) is 1.30. The summed E-state index contributed by atoms with van der Waals surface area (Å²) in [6.07, 6.45) is 1.83. The van der Waals surface area contributed by atoms with E-state index < -0.39 is 14.5 Å². The fourth-order valence-corrected chi connectivity index (χ4v) is 2.13. The van der Waals surface area contributed by atoms with Gasteiger partial charge in [0.25, 0.3) is 0 Å². The molecule has 17 heavy (non-hydrogen) atoms. The molecule has 0 fully saturated rings. The molecule has 0 radical (unpaired) electrons. The topological polar surface area (TPSA) is 54.0 Å². The minimum atomic E-state index is -2.01. The molecule has 0 aliphatic carbocycles. The van der Waals surface area contributed by atoms with E-state index in [9.17, 15) is 4.79 Å². The van der Waals surface area contributed by atoms with E-state index in [4.69, 9.17) is 18.3 Å². The van der Waals surface area contributed by atoms with Crippen molar-refractivity contribution < 1.29 is 23.1 Å². The van der Waals surface area contributed by atoms with Crippen LogP contribution in [0, 0.1) is 0 Å². The lowest BCUT2D eigenvalue weighted by atomic mass is 10.5. The van der Waals surface area contributed by atoms with Gasteiger partial charge in [0.2, 0.25) is 0 Å². The maximum Gasteiger partial charge on any atom is 0.336 e. The molecule has 0 saturated heterocycles. The molecule has 0 aromatic rings. The SMILES string of the molecule is C=CC(=O)OCCCOCC[Si](C)(OC)OC. The molecule has 6 heteroatoms. The van der Waals surface area contributed by atoms with Crippen LogP contribution in [-0.2, 0) is 23.1 Å². The van der Waals surface area contributed by atoms with E-state index >= 15 is 0 Å². The fourth-order valence-electron chi connectivity index (χ4n) is 1.04. The third-order valence-electron chi connectivity index (χ3n) is 2.41. The van der Waals surface area contributed by atoms with Crippen molar-refractivity contribution in [3.63, 3.8) is 0 Å². The van der Waals surface area contributed by atoms with Gasteiger partial charge in [0, 0.05) is 46.0 Å². The smallest absolute Gasteiger partial charge is 0.336 e. The molecule has 0 aromatic carbocycles. The van der Waals surface area contributed by atoms with Gasteiger partial charge in [0.15, 0.2) is 0 Å². The highest BCUT2D eigenvalue weighted by molar-refractivity contribution is 6.65. The van der Waals surface area contributed by atoms with Gasteiger partial charge in [0.05, 0.1) is 6.61 Å². The maximum absolute atomic E-state index is 10.7. The van der Waals surface area contributed by atoms with Crippen molar-refractivity contribution in [3.05, 3.63) is 12.7 Å². The van der Waals surface area contributed by atoms with Crippen LogP contribution >= 0.6 is 0 Å². The van der Waals surface area contributed by atoms with Crippen LogP contribution in [0.4, 0.5) is 0 Å². The molecular weight excluding hydrogens is 240 g/mol. The monoisotopic (exact) mass is 262 g/mol. The van der Waals surface area contributed by atoms with Gasteiger partial charge in [-0.05, 0) is 6.55 Å². The summed E-state index contributed by atoms with van der Waals surface area (Å²) in [5, 5.41) is 0. The van der Waals surface area contributed by atoms with E-state index in [0.717, 1.165) is 12.1 Å². The highest BCUT2D eigenvalue weighted by atomic mass is 28.4. The molecule has 0 aliphatic heterocycles. The predicted octanol–water partition coefficient (Wildman–Crippen LogP) is 1.49. The van der Waals surface area contributed by atoms with Crippen LogP contribution in [0.2, 0.25) is 12.6 Å². The summed E-state index contributed by atoms with van der Waals surface area (Å²) in [6, 6.07) is 0.784. The zero-order valence-corrected chi connectivity index (χ0v) is 11.9. The van der Waals surface area contributed by atoms with Crippen LogP contribution in [-0.4, -0.2) is 48.6 Å². The molecule has 0 atom stereocenters. The van der Waals surface area contributed by atoms with Gasteiger partial charge in [-0.25, -0.2) is 4.79 Å². The largest absolute Gasteiger partial charge is 0.462 e. The second kappa shape index (κ2) is 9.35. The lowest BCUT2D eigenvalue weighted by molar-refractivity contribution is -0.138. The standard InChI is InChI=1S/C11H22O5Si/c1-5-11(12)16-8-6-7-15-9-10-17(4,13-2)14-3/h5H,1,6-10H2,2-4H3. The van der Waals surface area contributed by atoms with Gasteiger partial charge in [-0.2, -0.15) is 0 Å². The lowest BCUT2D eigenvalue weighted by Crippen LogP contribution is -2.37. The first kappa shape index (κ1) is 16.3. The minimum Gasteiger partial charge on any atom is -0.462 e. The number of carbonyl (C=O) groups is 1. The number of hydrogen-bond acceptors (Lipinski definition) is 5. The van der Waals surface area contributed by atoms with Crippen LogP contribution in [0.25, 0.3) is 0 Å². The van der Waals surface area contributed by atoms with E-state index in [1.165, 1.54) is 0 Å². The number of hydrogen-bond donors (Lipinski definition) is 0. The number of esters is 1. The highest BCUT2D eigenvalue weighted by Gasteiger charge is 2.27. The van der Waals surface area contributed by atoms with Gasteiger partial charge in [-0.1, -0.05) is 6.58 Å². The second-order valence-corrected chi connectivity index (χ2v) is 7.21. The van der Waals surface area contributed by atoms with Crippen molar-refractivity contribution in [2.45, 2.75) is 19.0 Å². The number of carbonyl (C=O) groups excluding carboxylic acids is 1. The van der Waals surface area contributed by atoms with E-state index in [1.54, 1.807) is 14.2 Å². The molecule has 100 valence electrons. The Balaban J connectivity index is 3.40. The Kier molecular flexibility index (Phi) is 8.97. The molecule has 0 heterocycles. The average Bonchev–Trinajstić information content (AvgIpc) is 2.36. The first-order valence-corrected chi connectivity index (χ1v) is 8.07. The Morgan fingerprint density at radius 3 is 2.41 bits per heavy atom. The normalized spacial score (nSPS) is 11.2. The third-order valence-corrected chi connectivity index (χ3v) is 5.25. The van der Waals surface area contributed by atoms with E-state index in [1.807, 2.05) is 6.55 Å². The Hall–Kier alpha value is -0.693. The average molecular weight is 262 g/mol. The molecular formula is C11H22O5Si. The van der Waals surface area contributed by atoms with Crippen LogP contribution in [0.15, 0.2) is 12.7 Å². The molecule has 5 nitrogen and oxygen atoms in total. The molecule has 0 bridgehead atoms. The zero-order chi connectivity index (χ0) is 13.1. The Morgan fingerprint density at radius 2 is 1.88 bits per heavy atom. The summed E-state index contributed by atoms with van der Waals surface area (Å²) in [5.74, 6) is -0.399. The van der Waals surface area contributed by atoms with E-state index in [0.29, 0.717) is 26.2 Å². The Labute approximate surface area is 104 Å². The molecule has 0 saturated carbocycles. The summed E-state index contributed by atoms with van der Waals surface area (Å²) >= 11 is 0. The van der Waals surface area contributed by atoms with Crippen LogP contribution in [0.5, 0.6) is 0 Å². The predicted molar refractivity (Wildman–Crippen MR) is 67.0 cm³/mol. The van der Waals surface area contributed by atoms with Gasteiger partial charge in [-0.3, -0.25) is 0 Å². The van der Waals surface area contributed by atoms with Gasteiger partial charge in [-0.15, -0.1) is 0 Å². The molecule has 0 unspecified atom stereocenters. The lowest BCUT2D eigenvalue weighted by Gasteiger charge is -2.22. The van der Waals surface area contributed by atoms with Crippen molar-refractivity contribution in [3.8, 4) is 0 Å². The van der Waals surface area contributed by atoms with Gasteiger partial charge in [0.1, 0.15) is 0 Å². The zero-order valence-electron chi connectivity index (χ0n) is 10.9. The first-order chi connectivity index (χ1) is 8.08. The second-order valence-electron chi connectivity index (χ2n) is 3.63. The highest BCUT2D eigenvalue weighted by Crippen LogP contribution is 2.10. The summed E-state index contributed by atoms with van der Waals surface area (Å²) < 4.78 is 20.8. The van der Waals surface area contributed by atoms with E-state index in [-0.39, 0.29) is 0 Å². The van der Waals surface area contributed by atoms with Crippen LogP contribution < -0.4 is 0 Å². The van der Waals surface area contributed by atoms with Crippen molar-refractivity contribution in [2.75, 3.05) is 34.0 Å². The molecule has 0 N–H and O–H groups in total. The van der Waals surface area contributed by atoms with Gasteiger partial charge < -0.3 is 18.3 Å². The Bertz CT molecular complexity index is 228. The number of ether oxygens (including phenoxy) is 2. The van der Waals surface area contributed by atoms with E-state index in [2.05, 4.69) is 6.58 Å². The third kappa shape index (κ3) is 8.09. The molecule has 0 aromatic heterocycles. The molecule has 0 aliphatic rings. The first-order valence-electron chi connectivity index (χ1n) is 5.55. The minimum absolute atomic E-state index is 0.355. The van der Waals surface area contributed by atoms with Crippen LogP contribution in [0.3, 0.4) is 0 Å². The summed E-state index contributed by atoms with van der Waals surface area (Å²) in [4.78, 5) is 10.7. The van der Waals surface area contributed by atoms with Gasteiger partial charge >= 0.3 is 14.5 Å². The molecule has 0 amide bonds. The van der Waals surface area contributed by atoms with Crippen molar-refractivity contribution in [1.82, 2.24) is 0 Å². The van der Waals surface area contributed by atoms with Crippen molar-refractivity contribution in [2.24, 2.45) is 0 Å². The number of rotatable bonds is 10. The molecule has 0 rings (SSSR count). The quantitative estimate of drug-likeness (QED) is 0.258. The summed E-state index contributed by atoms with van der Waals surface area (Å²) in [5.41, 5.74) is 0. The van der Waals surface area contributed by atoms with Crippen molar-refractivity contribution in [1.29, 1.82) is 0 Å². The van der Waals surface area contributed by atoms with Crippen molar-refractivity contribution >= 4 is 14.5 Å².